The molecule has 0 saturated carbocycles. The number of nitrogens with one attached hydrogen (secondary N) is 2. The van der Waals surface area contributed by atoms with Gasteiger partial charge in [-0.15, -0.1) is 24.0 Å². The molecule has 1 aliphatic rings. The molecule has 1 fully saturated rings. The van der Waals surface area contributed by atoms with Gasteiger partial charge in [-0.1, -0.05) is 37.3 Å². The van der Waals surface area contributed by atoms with Crippen LogP contribution in [0.1, 0.15) is 37.8 Å². The summed E-state index contributed by atoms with van der Waals surface area (Å²) >= 11 is 0. The number of nitrogens with zero attached hydrogens (tertiary/aromatic N) is 2. The molecule has 1 atom stereocenters. The Labute approximate surface area is 151 Å². The monoisotopic (exact) mass is 416 g/mol. The molecule has 124 valence electrons. The molecule has 1 aromatic carbocycles. The number of aliphatic imine (C=N–C) groups is 1. The lowest BCUT2D eigenvalue weighted by Crippen LogP contribution is -2.42. The van der Waals surface area contributed by atoms with Crippen LogP contribution >= 0.6 is 24.0 Å². The lowest BCUT2D eigenvalue weighted by molar-refractivity contribution is 0.245. The van der Waals surface area contributed by atoms with Crippen molar-refractivity contribution in [1.29, 1.82) is 0 Å². The molecule has 2 N–H and O–H groups in total. The van der Waals surface area contributed by atoms with E-state index in [1.54, 1.807) is 0 Å². The van der Waals surface area contributed by atoms with Crippen LogP contribution in [0.5, 0.6) is 0 Å². The van der Waals surface area contributed by atoms with Crippen molar-refractivity contribution in [1.82, 2.24) is 15.5 Å². The second-order valence-electron chi connectivity index (χ2n) is 5.55. The highest BCUT2D eigenvalue weighted by molar-refractivity contribution is 14.0. The Kier molecular flexibility index (Phi) is 9.47. The minimum atomic E-state index is 0. The first kappa shape index (κ1) is 19.2. The van der Waals surface area contributed by atoms with Crippen molar-refractivity contribution >= 4 is 29.9 Å². The molecule has 0 radical (unpaired) electrons. The fraction of sp³-hybridized carbons (Fsp3) is 0.588. The van der Waals surface area contributed by atoms with E-state index in [9.17, 15) is 0 Å². The summed E-state index contributed by atoms with van der Waals surface area (Å²) in [4.78, 5) is 6.87. The molecule has 4 nitrogen and oxygen atoms in total. The normalized spacial score (nSPS) is 16.9. The van der Waals surface area contributed by atoms with Gasteiger partial charge in [0.1, 0.15) is 0 Å². The molecular formula is C17H29IN4. The Bertz CT molecular complexity index is 430. The summed E-state index contributed by atoms with van der Waals surface area (Å²) < 4.78 is 0. The summed E-state index contributed by atoms with van der Waals surface area (Å²) in [6, 6.07) is 11.2. The smallest absolute Gasteiger partial charge is 0.191 e. The fourth-order valence-corrected chi connectivity index (χ4v) is 2.84. The molecule has 1 heterocycles. The number of hydrogen-bond acceptors (Lipinski definition) is 2. The Morgan fingerprint density at radius 2 is 1.86 bits per heavy atom. The van der Waals surface area contributed by atoms with E-state index in [4.69, 9.17) is 0 Å². The van der Waals surface area contributed by atoms with E-state index in [-0.39, 0.29) is 24.0 Å². The summed E-state index contributed by atoms with van der Waals surface area (Å²) in [7, 11) is 1.83. The third-order valence-electron chi connectivity index (χ3n) is 3.99. The molecule has 1 aliphatic heterocycles. The average molecular weight is 416 g/mol. The third kappa shape index (κ3) is 5.76. The maximum Gasteiger partial charge on any atom is 0.191 e. The zero-order chi connectivity index (χ0) is 14.9. The van der Waals surface area contributed by atoms with Gasteiger partial charge >= 0.3 is 0 Å². The zero-order valence-electron chi connectivity index (χ0n) is 13.7. The average Bonchev–Trinajstić information content (AvgIpc) is 3.06. The largest absolute Gasteiger partial charge is 0.356 e. The van der Waals surface area contributed by atoms with Gasteiger partial charge in [-0.25, -0.2) is 0 Å². The Balaban J connectivity index is 0.00000242. The number of likely N-dealkylation sites (tertiary alicyclic amines) is 1. The van der Waals surface area contributed by atoms with Crippen LogP contribution in [-0.2, 0) is 0 Å². The molecule has 1 aromatic rings. The molecular weight excluding hydrogens is 387 g/mol. The van der Waals surface area contributed by atoms with Crippen molar-refractivity contribution in [2.45, 2.75) is 32.2 Å². The SMILES string of the molecule is CCCNC(=NC)NCC(c1ccccc1)N1CCCC1.I. The Hall–Kier alpha value is -0.820. The minimum absolute atomic E-state index is 0. The summed E-state index contributed by atoms with van der Waals surface area (Å²) in [6.45, 7) is 6.41. The van der Waals surface area contributed by atoms with E-state index < -0.39 is 0 Å². The summed E-state index contributed by atoms with van der Waals surface area (Å²) in [5.74, 6) is 0.900. The van der Waals surface area contributed by atoms with Gasteiger partial charge in [0.25, 0.3) is 0 Å². The van der Waals surface area contributed by atoms with Crippen LogP contribution in [0.25, 0.3) is 0 Å². The molecule has 1 unspecified atom stereocenters. The highest BCUT2D eigenvalue weighted by Crippen LogP contribution is 2.24. The quantitative estimate of drug-likeness (QED) is 0.426. The third-order valence-corrected chi connectivity index (χ3v) is 3.99. The first-order chi connectivity index (χ1) is 10.3. The number of hydrogen-bond donors (Lipinski definition) is 2. The lowest BCUT2D eigenvalue weighted by Gasteiger charge is -2.28. The van der Waals surface area contributed by atoms with E-state index in [1.165, 1.54) is 31.5 Å². The van der Waals surface area contributed by atoms with Crippen LogP contribution in [0.3, 0.4) is 0 Å². The van der Waals surface area contributed by atoms with Gasteiger partial charge in [-0.3, -0.25) is 9.89 Å². The molecule has 0 aromatic heterocycles. The number of rotatable bonds is 6. The van der Waals surface area contributed by atoms with Crippen LogP contribution in [0.15, 0.2) is 35.3 Å². The van der Waals surface area contributed by atoms with Gasteiger partial charge in [0.2, 0.25) is 0 Å². The first-order valence-corrected chi connectivity index (χ1v) is 8.08. The van der Waals surface area contributed by atoms with Crippen LogP contribution in [-0.4, -0.2) is 44.1 Å². The molecule has 0 aliphatic carbocycles. The summed E-state index contributed by atoms with van der Waals surface area (Å²) in [5, 5.41) is 6.81. The molecule has 5 heteroatoms. The predicted octanol–water partition coefficient (Wildman–Crippen LogP) is 3.02. The molecule has 0 bridgehead atoms. The van der Waals surface area contributed by atoms with Gasteiger partial charge < -0.3 is 10.6 Å². The number of benzene rings is 1. The Morgan fingerprint density at radius 1 is 1.18 bits per heavy atom. The summed E-state index contributed by atoms with van der Waals surface area (Å²) in [6.07, 6.45) is 3.73. The van der Waals surface area contributed by atoms with Gasteiger partial charge in [0, 0.05) is 20.1 Å². The maximum absolute atomic E-state index is 4.29. The van der Waals surface area contributed by atoms with Crippen molar-refractivity contribution < 1.29 is 0 Å². The van der Waals surface area contributed by atoms with E-state index in [0.717, 1.165) is 25.5 Å². The molecule has 1 saturated heterocycles. The molecule has 0 amide bonds. The van der Waals surface area contributed by atoms with E-state index in [2.05, 4.69) is 57.8 Å². The highest BCUT2D eigenvalue weighted by Gasteiger charge is 2.23. The topological polar surface area (TPSA) is 39.7 Å². The minimum Gasteiger partial charge on any atom is -0.356 e. The molecule has 2 rings (SSSR count). The van der Waals surface area contributed by atoms with Crippen LogP contribution < -0.4 is 10.6 Å². The van der Waals surface area contributed by atoms with Crippen molar-refractivity contribution in [2.24, 2.45) is 4.99 Å². The second kappa shape index (κ2) is 10.8. The highest BCUT2D eigenvalue weighted by atomic mass is 127. The van der Waals surface area contributed by atoms with Crippen molar-refractivity contribution in [3.63, 3.8) is 0 Å². The van der Waals surface area contributed by atoms with Crippen LogP contribution in [0.2, 0.25) is 0 Å². The first-order valence-electron chi connectivity index (χ1n) is 8.08. The molecule has 22 heavy (non-hydrogen) atoms. The van der Waals surface area contributed by atoms with E-state index in [1.807, 2.05) is 7.05 Å². The van der Waals surface area contributed by atoms with Crippen LogP contribution in [0.4, 0.5) is 0 Å². The zero-order valence-corrected chi connectivity index (χ0v) is 16.0. The number of halogens is 1. The standard InChI is InChI=1S/C17H28N4.HI/c1-3-11-19-17(18-2)20-14-16(21-12-7-8-13-21)15-9-5-4-6-10-15;/h4-6,9-10,16H,3,7-8,11-14H2,1-2H3,(H2,18,19,20);1H. The fourth-order valence-electron chi connectivity index (χ4n) is 2.84. The molecule has 0 spiro atoms. The van der Waals surface area contributed by atoms with Crippen molar-refractivity contribution in [3.05, 3.63) is 35.9 Å². The number of guanidine groups is 1. The summed E-state index contributed by atoms with van der Waals surface area (Å²) in [5.41, 5.74) is 1.39. The van der Waals surface area contributed by atoms with Crippen molar-refractivity contribution in [3.8, 4) is 0 Å². The van der Waals surface area contributed by atoms with Gasteiger partial charge in [0.15, 0.2) is 5.96 Å². The second-order valence-corrected chi connectivity index (χ2v) is 5.55. The maximum atomic E-state index is 4.29. The van der Waals surface area contributed by atoms with Gasteiger partial charge in [-0.2, -0.15) is 0 Å². The predicted molar refractivity (Wildman–Crippen MR) is 105 cm³/mol. The van der Waals surface area contributed by atoms with Crippen molar-refractivity contribution in [2.75, 3.05) is 33.2 Å². The van der Waals surface area contributed by atoms with Gasteiger partial charge in [-0.05, 0) is 37.9 Å². The van der Waals surface area contributed by atoms with Gasteiger partial charge in [0.05, 0.1) is 6.04 Å². The van der Waals surface area contributed by atoms with E-state index in [0.29, 0.717) is 6.04 Å². The lowest BCUT2D eigenvalue weighted by atomic mass is 10.1. The van der Waals surface area contributed by atoms with Crippen LogP contribution in [0, 0.1) is 0 Å². The van der Waals surface area contributed by atoms with E-state index >= 15 is 0 Å². The Morgan fingerprint density at radius 3 is 2.45 bits per heavy atom.